The van der Waals surface area contributed by atoms with E-state index in [4.69, 9.17) is 16.6 Å². The Balaban J connectivity index is 0.000000550. The first-order chi connectivity index (χ1) is 9.03. The average Bonchev–Trinajstić information content (AvgIpc) is 2.38. The Kier molecular flexibility index (Phi) is 5.31. The van der Waals surface area contributed by atoms with Crippen LogP contribution in [0.25, 0.3) is 0 Å². The Morgan fingerprint density at radius 2 is 2.05 bits per heavy atom. The summed E-state index contributed by atoms with van der Waals surface area (Å²) in [5, 5.41) is 13.6. The molecule has 0 fully saturated rings. The van der Waals surface area contributed by atoms with E-state index in [1.807, 2.05) is 6.92 Å². The normalized spacial score (nSPS) is 16.3. The Hall–Kier alpha value is -2.09. The second-order valence-corrected chi connectivity index (χ2v) is 3.90. The molecule has 0 radical (unpaired) electrons. The number of nitrogens with two attached hydrogens (primary N) is 2. The van der Waals surface area contributed by atoms with Crippen molar-refractivity contribution in [2.24, 2.45) is 0 Å². The Morgan fingerprint density at radius 3 is 2.63 bits per heavy atom. The third-order valence-corrected chi connectivity index (χ3v) is 2.48. The van der Waals surface area contributed by atoms with Crippen molar-refractivity contribution in [2.45, 2.75) is 26.3 Å². The summed E-state index contributed by atoms with van der Waals surface area (Å²) < 4.78 is 0. The topological polar surface area (TPSA) is 139 Å². The maximum atomic E-state index is 11.5. The van der Waals surface area contributed by atoms with Crippen LogP contribution in [0.4, 0.5) is 23.3 Å². The molecule has 0 spiro atoms. The molecule has 1 aromatic rings. The number of nitrogens with zero attached hydrogens (tertiary/aromatic N) is 2. The molecule has 0 aromatic carbocycles. The zero-order valence-corrected chi connectivity index (χ0v) is 11.1. The van der Waals surface area contributed by atoms with Gasteiger partial charge in [-0.3, -0.25) is 4.79 Å². The van der Waals surface area contributed by atoms with Crippen LogP contribution in [-0.2, 0) is 4.79 Å². The van der Waals surface area contributed by atoms with Gasteiger partial charge in [0.2, 0.25) is 5.95 Å². The van der Waals surface area contributed by atoms with Crippen molar-refractivity contribution >= 4 is 29.1 Å². The summed E-state index contributed by atoms with van der Waals surface area (Å²) in [6, 6.07) is -0.285. The summed E-state index contributed by atoms with van der Waals surface area (Å²) in [5.41, 5.74) is 11.7. The van der Waals surface area contributed by atoms with E-state index in [1.165, 1.54) is 0 Å². The van der Waals surface area contributed by atoms with Gasteiger partial charge in [-0.1, -0.05) is 6.92 Å². The predicted octanol–water partition coefficient (Wildman–Crippen LogP) is -0.175. The summed E-state index contributed by atoms with van der Waals surface area (Å²) in [7, 11) is 0. The van der Waals surface area contributed by atoms with Crippen LogP contribution < -0.4 is 22.1 Å². The lowest BCUT2D eigenvalue weighted by atomic mass is 10.1. The quantitative estimate of drug-likeness (QED) is 0.498. The molecule has 7 N–H and O–H groups in total. The zero-order valence-electron chi connectivity index (χ0n) is 11.1. The molecule has 2 heterocycles. The van der Waals surface area contributed by atoms with Crippen molar-refractivity contribution < 1.29 is 9.90 Å². The van der Waals surface area contributed by atoms with Crippen LogP contribution in [0.15, 0.2) is 0 Å². The monoisotopic (exact) mass is 268 g/mol. The average molecular weight is 268 g/mol. The van der Waals surface area contributed by atoms with Gasteiger partial charge >= 0.3 is 0 Å². The lowest BCUT2D eigenvalue weighted by Gasteiger charge is -2.26. The van der Waals surface area contributed by atoms with E-state index in [9.17, 15) is 4.79 Å². The van der Waals surface area contributed by atoms with Crippen molar-refractivity contribution in [3.63, 3.8) is 0 Å². The zero-order chi connectivity index (χ0) is 14.4. The molecule has 1 aromatic heterocycles. The van der Waals surface area contributed by atoms with E-state index in [1.54, 1.807) is 6.92 Å². The molecule has 0 bridgehead atoms. The number of anilines is 4. The van der Waals surface area contributed by atoms with E-state index in [-0.39, 0.29) is 30.2 Å². The molecular formula is C11H20N6O2. The third-order valence-electron chi connectivity index (χ3n) is 2.48. The number of nitrogens with one attached hydrogen (secondary N) is 2. The van der Waals surface area contributed by atoms with Gasteiger partial charge in [0.15, 0.2) is 17.4 Å². The highest BCUT2D eigenvalue weighted by atomic mass is 16.2. The molecule has 0 amide bonds. The highest BCUT2D eigenvalue weighted by molar-refractivity contribution is 5.91. The van der Waals surface area contributed by atoms with Crippen LogP contribution in [0.1, 0.15) is 20.3 Å². The molecule has 8 heteroatoms. The van der Waals surface area contributed by atoms with E-state index in [2.05, 4.69) is 20.6 Å². The lowest BCUT2D eigenvalue weighted by Crippen LogP contribution is -2.40. The Bertz CT molecular complexity index is 451. The van der Waals surface area contributed by atoms with E-state index in [0.29, 0.717) is 24.5 Å². The smallest absolute Gasteiger partial charge is 0.224 e. The fourth-order valence-corrected chi connectivity index (χ4v) is 1.63. The second kappa shape index (κ2) is 6.74. The summed E-state index contributed by atoms with van der Waals surface area (Å²) in [4.78, 5) is 19.4. The van der Waals surface area contributed by atoms with Gasteiger partial charge in [0.05, 0.1) is 0 Å². The van der Waals surface area contributed by atoms with Crippen LogP contribution >= 0.6 is 0 Å². The maximum Gasteiger partial charge on any atom is 0.224 e. The van der Waals surface area contributed by atoms with Gasteiger partial charge in [0.1, 0.15) is 11.7 Å². The molecule has 8 nitrogen and oxygen atoms in total. The number of aromatic nitrogens is 2. The van der Waals surface area contributed by atoms with E-state index in [0.717, 1.165) is 0 Å². The number of carbonyl (C=O) groups is 1. The van der Waals surface area contributed by atoms with Gasteiger partial charge in [-0.05, 0) is 6.92 Å². The van der Waals surface area contributed by atoms with Gasteiger partial charge in [0.25, 0.3) is 0 Å². The largest absolute Gasteiger partial charge is 0.397 e. The number of rotatable bonds is 2. The minimum absolute atomic E-state index is 0.116. The number of nitrogen functional groups attached to an aromatic ring is 2. The standard InChI is InChI=1S/C9H14N6O.C2H6O/c1-2-5(16)4-3-12-8-6(13-4)7(10)14-9(11)15-8;1-2-3/h4,13H,2-3H2,1H3,(H5,10,11,12,14,15);3H,2H2,1H3. The van der Waals surface area contributed by atoms with Crippen LogP contribution in [0.2, 0.25) is 0 Å². The summed E-state index contributed by atoms with van der Waals surface area (Å²) in [6.45, 7) is 4.23. The molecule has 19 heavy (non-hydrogen) atoms. The predicted molar refractivity (Wildman–Crippen MR) is 74.8 cm³/mol. The molecule has 1 atom stereocenters. The van der Waals surface area contributed by atoms with Gasteiger partial charge in [-0.2, -0.15) is 9.97 Å². The first kappa shape index (κ1) is 15.0. The Labute approximate surface area is 111 Å². The minimum atomic E-state index is -0.285. The minimum Gasteiger partial charge on any atom is -0.397 e. The molecule has 0 aliphatic carbocycles. The van der Waals surface area contributed by atoms with Crippen LogP contribution in [0.3, 0.4) is 0 Å². The van der Waals surface area contributed by atoms with E-state index >= 15 is 0 Å². The summed E-state index contributed by atoms with van der Waals surface area (Å²) in [5.74, 6) is 1.04. The van der Waals surface area contributed by atoms with Crippen LogP contribution in [0, 0.1) is 0 Å². The third kappa shape index (κ3) is 3.68. The molecular weight excluding hydrogens is 248 g/mol. The first-order valence-corrected chi connectivity index (χ1v) is 6.10. The molecule has 0 saturated heterocycles. The van der Waals surface area contributed by atoms with Crippen molar-refractivity contribution in [1.82, 2.24) is 9.97 Å². The number of ketones is 1. The first-order valence-electron chi connectivity index (χ1n) is 6.10. The van der Waals surface area contributed by atoms with Gasteiger partial charge in [-0.25, -0.2) is 0 Å². The summed E-state index contributed by atoms with van der Waals surface area (Å²) >= 11 is 0. The number of Topliss-reactive ketones (excluding diaryl/α,β-unsaturated/α-hetero) is 1. The second-order valence-electron chi connectivity index (χ2n) is 3.90. The molecule has 1 aliphatic heterocycles. The molecule has 2 rings (SSSR count). The van der Waals surface area contributed by atoms with Crippen molar-refractivity contribution in [3.8, 4) is 0 Å². The fourth-order valence-electron chi connectivity index (χ4n) is 1.63. The van der Waals surface area contributed by atoms with Gasteiger partial charge in [0, 0.05) is 19.6 Å². The fraction of sp³-hybridized carbons (Fsp3) is 0.545. The van der Waals surface area contributed by atoms with Crippen molar-refractivity contribution in [1.29, 1.82) is 0 Å². The Morgan fingerprint density at radius 1 is 1.42 bits per heavy atom. The number of carbonyl (C=O) groups excluding carboxylic acids is 1. The van der Waals surface area contributed by atoms with Crippen molar-refractivity contribution in [3.05, 3.63) is 0 Å². The highest BCUT2D eigenvalue weighted by Crippen LogP contribution is 2.29. The van der Waals surface area contributed by atoms with Gasteiger partial charge in [-0.15, -0.1) is 0 Å². The number of aliphatic hydroxyl groups excluding tert-OH is 1. The highest BCUT2D eigenvalue weighted by Gasteiger charge is 2.25. The SMILES string of the molecule is CCC(=O)C1CNc2nc(N)nc(N)c2N1.CCO. The maximum absolute atomic E-state index is 11.5. The lowest BCUT2D eigenvalue weighted by molar-refractivity contribution is -0.119. The van der Waals surface area contributed by atoms with Crippen LogP contribution in [0.5, 0.6) is 0 Å². The van der Waals surface area contributed by atoms with Crippen molar-refractivity contribution in [2.75, 3.05) is 35.3 Å². The number of hydrogen-bond donors (Lipinski definition) is 5. The molecule has 1 aliphatic rings. The molecule has 106 valence electrons. The van der Waals surface area contributed by atoms with E-state index < -0.39 is 0 Å². The summed E-state index contributed by atoms with van der Waals surface area (Å²) in [6.07, 6.45) is 0.477. The molecule has 0 saturated carbocycles. The van der Waals surface area contributed by atoms with Crippen LogP contribution in [-0.4, -0.2) is 40.1 Å². The van der Waals surface area contributed by atoms with Gasteiger partial charge < -0.3 is 27.2 Å². The number of fused-ring (bicyclic) bond motifs is 1. The number of hydrogen-bond acceptors (Lipinski definition) is 8. The number of aliphatic hydroxyl groups is 1. The molecule has 1 unspecified atom stereocenters.